The summed E-state index contributed by atoms with van der Waals surface area (Å²) in [7, 11) is 1.59. The number of carbonyl (C=O) groups is 2. The van der Waals surface area contributed by atoms with Crippen molar-refractivity contribution in [1.29, 1.82) is 0 Å². The summed E-state index contributed by atoms with van der Waals surface area (Å²) in [5, 5.41) is 2.76. The van der Waals surface area contributed by atoms with Crippen LogP contribution in [0.3, 0.4) is 0 Å². The van der Waals surface area contributed by atoms with Crippen molar-refractivity contribution in [1.82, 2.24) is 5.32 Å². The molecule has 0 spiro atoms. The topological polar surface area (TPSA) is 64.6 Å². The Morgan fingerprint density at radius 1 is 1.13 bits per heavy atom. The third kappa shape index (κ3) is 4.57. The van der Waals surface area contributed by atoms with E-state index in [2.05, 4.69) is 5.32 Å². The fourth-order valence-electron chi connectivity index (χ4n) is 2.03. The lowest BCUT2D eigenvalue weighted by atomic mass is 10.1. The number of hydrogen-bond donors (Lipinski definition) is 1. The molecule has 0 aliphatic heterocycles. The Morgan fingerprint density at radius 3 is 2.52 bits per heavy atom. The van der Waals surface area contributed by atoms with E-state index in [0.29, 0.717) is 35.8 Å². The van der Waals surface area contributed by atoms with Gasteiger partial charge >= 0.3 is 0 Å². The van der Waals surface area contributed by atoms with Gasteiger partial charge in [0.1, 0.15) is 12.9 Å². The molecule has 2 aromatic carbocycles. The van der Waals surface area contributed by atoms with Crippen LogP contribution in [0.15, 0.2) is 42.5 Å². The van der Waals surface area contributed by atoms with Crippen LogP contribution in [0.1, 0.15) is 26.3 Å². The second kappa shape index (κ2) is 7.98. The Hall–Kier alpha value is -2.82. The molecule has 0 aliphatic carbocycles. The minimum atomic E-state index is -0.207. The first-order chi connectivity index (χ1) is 11.1. The van der Waals surface area contributed by atoms with Gasteiger partial charge in [0, 0.05) is 11.1 Å². The molecular weight excluding hydrogens is 294 g/mol. The lowest BCUT2D eigenvalue weighted by Crippen LogP contribution is -2.28. The molecule has 0 bridgehead atoms. The van der Waals surface area contributed by atoms with E-state index in [9.17, 15) is 9.59 Å². The lowest BCUT2D eigenvalue weighted by Gasteiger charge is -2.11. The molecule has 1 N–H and O–H groups in total. The van der Waals surface area contributed by atoms with Crippen LogP contribution in [0.25, 0.3) is 0 Å². The average molecular weight is 313 g/mol. The fraction of sp³-hybridized carbons (Fsp3) is 0.222. The highest BCUT2D eigenvalue weighted by molar-refractivity contribution is 5.94. The monoisotopic (exact) mass is 313 g/mol. The molecule has 0 heterocycles. The van der Waals surface area contributed by atoms with Gasteiger partial charge in [0.15, 0.2) is 11.5 Å². The molecule has 2 aromatic rings. The number of benzene rings is 2. The Morgan fingerprint density at radius 2 is 1.87 bits per heavy atom. The smallest absolute Gasteiger partial charge is 0.251 e. The molecule has 0 radical (unpaired) electrons. The van der Waals surface area contributed by atoms with E-state index in [4.69, 9.17) is 9.47 Å². The number of aryl methyl sites for hydroxylation is 1. The highest BCUT2D eigenvalue weighted by Gasteiger charge is 2.06. The molecule has 0 atom stereocenters. The van der Waals surface area contributed by atoms with Gasteiger partial charge in [-0.05, 0) is 36.8 Å². The van der Waals surface area contributed by atoms with Crippen molar-refractivity contribution >= 4 is 12.2 Å². The molecule has 2 rings (SSSR count). The summed E-state index contributed by atoms with van der Waals surface area (Å²) in [5.74, 6) is 1.10. The predicted molar refractivity (Wildman–Crippen MR) is 87.4 cm³/mol. The molecule has 0 aromatic heterocycles. The third-order valence-corrected chi connectivity index (χ3v) is 3.27. The number of hydrogen-bond acceptors (Lipinski definition) is 4. The molecule has 0 aliphatic rings. The number of methoxy groups -OCH3 is 1. The number of rotatable bonds is 7. The van der Waals surface area contributed by atoms with Gasteiger partial charge in [-0.25, -0.2) is 0 Å². The minimum absolute atomic E-state index is 0.207. The van der Waals surface area contributed by atoms with Crippen molar-refractivity contribution in [2.45, 2.75) is 6.92 Å². The Bertz CT molecular complexity index is 680. The van der Waals surface area contributed by atoms with E-state index in [1.54, 1.807) is 31.4 Å². The van der Waals surface area contributed by atoms with Gasteiger partial charge in [-0.15, -0.1) is 0 Å². The number of ether oxygens (including phenoxy) is 2. The standard InChI is InChI=1S/C18H19NO4/c1-13-3-8-16(17(11-13)22-2)23-10-9-19-18(21)15-6-4-14(12-20)5-7-15/h3-8,11-12H,9-10H2,1-2H3,(H,19,21). The first kappa shape index (κ1) is 16.5. The van der Waals surface area contributed by atoms with Crippen molar-refractivity contribution in [3.05, 3.63) is 59.2 Å². The maximum absolute atomic E-state index is 11.9. The number of amides is 1. The predicted octanol–water partition coefficient (Wildman–Crippen LogP) is 2.62. The summed E-state index contributed by atoms with van der Waals surface area (Å²) in [4.78, 5) is 22.5. The zero-order valence-electron chi connectivity index (χ0n) is 13.2. The number of carbonyl (C=O) groups excluding carboxylic acids is 2. The first-order valence-electron chi connectivity index (χ1n) is 7.25. The molecule has 0 saturated heterocycles. The van der Waals surface area contributed by atoms with E-state index in [1.165, 1.54) is 0 Å². The van der Waals surface area contributed by atoms with Gasteiger partial charge in [0.2, 0.25) is 0 Å². The van der Waals surface area contributed by atoms with Crippen LogP contribution in [-0.4, -0.2) is 32.5 Å². The lowest BCUT2D eigenvalue weighted by molar-refractivity contribution is 0.0946. The van der Waals surface area contributed by atoms with Gasteiger partial charge in [-0.3, -0.25) is 9.59 Å². The van der Waals surface area contributed by atoms with Gasteiger partial charge in [0.05, 0.1) is 13.7 Å². The summed E-state index contributed by atoms with van der Waals surface area (Å²) in [6.07, 6.45) is 0.741. The average Bonchev–Trinajstić information content (AvgIpc) is 2.59. The van der Waals surface area contributed by atoms with Crippen molar-refractivity contribution in [2.75, 3.05) is 20.3 Å². The quantitative estimate of drug-likeness (QED) is 0.630. The van der Waals surface area contributed by atoms with Crippen LogP contribution >= 0.6 is 0 Å². The molecule has 0 fully saturated rings. The van der Waals surface area contributed by atoms with Crippen LogP contribution in [0.4, 0.5) is 0 Å². The third-order valence-electron chi connectivity index (χ3n) is 3.27. The molecular formula is C18H19NO4. The highest BCUT2D eigenvalue weighted by atomic mass is 16.5. The number of aldehydes is 1. The molecule has 0 saturated carbocycles. The summed E-state index contributed by atoms with van der Waals surface area (Å²) in [6.45, 7) is 2.67. The van der Waals surface area contributed by atoms with Crippen LogP contribution in [0.2, 0.25) is 0 Å². The van der Waals surface area contributed by atoms with E-state index in [1.807, 2.05) is 25.1 Å². The van der Waals surface area contributed by atoms with Crippen molar-refractivity contribution in [3.63, 3.8) is 0 Å². The van der Waals surface area contributed by atoms with Crippen LogP contribution in [0.5, 0.6) is 11.5 Å². The number of nitrogens with one attached hydrogen (secondary N) is 1. The normalized spacial score (nSPS) is 10.0. The zero-order chi connectivity index (χ0) is 16.7. The van der Waals surface area contributed by atoms with Gasteiger partial charge in [-0.2, -0.15) is 0 Å². The molecule has 120 valence electrons. The fourth-order valence-corrected chi connectivity index (χ4v) is 2.03. The largest absolute Gasteiger partial charge is 0.493 e. The summed E-state index contributed by atoms with van der Waals surface area (Å²) < 4.78 is 10.9. The van der Waals surface area contributed by atoms with E-state index < -0.39 is 0 Å². The molecule has 5 heteroatoms. The van der Waals surface area contributed by atoms with Crippen molar-refractivity contribution < 1.29 is 19.1 Å². The summed E-state index contributed by atoms with van der Waals surface area (Å²) in [5.41, 5.74) is 2.13. The minimum Gasteiger partial charge on any atom is -0.493 e. The Labute approximate surface area is 135 Å². The van der Waals surface area contributed by atoms with E-state index >= 15 is 0 Å². The van der Waals surface area contributed by atoms with Gasteiger partial charge in [0.25, 0.3) is 5.91 Å². The van der Waals surface area contributed by atoms with Gasteiger partial charge < -0.3 is 14.8 Å². The highest BCUT2D eigenvalue weighted by Crippen LogP contribution is 2.27. The van der Waals surface area contributed by atoms with Crippen molar-refractivity contribution in [3.8, 4) is 11.5 Å². The summed E-state index contributed by atoms with van der Waals surface area (Å²) in [6, 6.07) is 12.1. The Balaban J connectivity index is 1.82. The second-order valence-corrected chi connectivity index (χ2v) is 5.00. The molecule has 0 unspecified atom stereocenters. The molecule has 5 nitrogen and oxygen atoms in total. The maximum Gasteiger partial charge on any atom is 0.251 e. The SMILES string of the molecule is COc1cc(C)ccc1OCCNC(=O)c1ccc(C=O)cc1. The van der Waals surface area contributed by atoms with E-state index in [0.717, 1.165) is 11.8 Å². The summed E-state index contributed by atoms with van der Waals surface area (Å²) >= 11 is 0. The van der Waals surface area contributed by atoms with Crippen LogP contribution in [0, 0.1) is 6.92 Å². The van der Waals surface area contributed by atoms with Crippen LogP contribution < -0.4 is 14.8 Å². The zero-order valence-corrected chi connectivity index (χ0v) is 13.2. The van der Waals surface area contributed by atoms with E-state index in [-0.39, 0.29) is 5.91 Å². The molecule has 1 amide bonds. The van der Waals surface area contributed by atoms with Gasteiger partial charge in [-0.1, -0.05) is 18.2 Å². The maximum atomic E-state index is 11.9. The molecule has 23 heavy (non-hydrogen) atoms. The second-order valence-electron chi connectivity index (χ2n) is 5.00. The van der Waals surface area contributed by atoms with Crippen LogP contribution in [-0.2, 0) is 0 Å². The van der Waals surface area contributed by atoms with Crippen molar-refractivity contribution in [2.24, 2.45) is 0 Å². The first-order valence-corrected chi connectivity index (χ1v) is 7.25. The Kier molecular flexibility index (Phi) is 5.74.